The third-order valence-corrected chi connectivity index (χ3v) is 2.88. The predicted octanol–water partition coefficient (Wildman–Crippen LogP) is 1.46. The molecule has 4 heteroatoms. The van der Waals surface area contributed by atoms with Gasteiger partial charge in [0.1, 0.15) is 0 Å². The molecule has 1 amide bonds. The highest BCUT2D eigenvalue weighted by Crippen LogP contribution is 2.30. The van der Waals surface area contributed by atoms with Gasteiger partial charge in [0.2, 0.25) is 6.41 Å². The molecule has 1 rings (SSSR count). The van der Waals surface area contributed by atoms with Crippen LogP contribution < -0.4 is 0 Å². The summed E-state index contributed by atoms with van der Waals surface area (Å²) >= 11 is 0. The van der Waals surface area contributed by atoms with Crippen LogP contribution in [0.15, 0.2) is 30.3 Å². The van der Waals surface area contributed by atoms with E-state index in [9.17, 15) is 14.7 Å². The second-order valence-corrected chi connectivity index (χ2v) is 3.60. The minimum absolute atomic E-state index is 0.321. The molecule has 86 valence electrons. The van der Waals surface area contributed by atoms with Crippen LogP contribution in [0.5, 0.6) is 0 Å². The first-order chi connectivity index (χ1) is 7.59. The van der Waals surface area contributed by atoms with Crippen molar-refractivity contribution in [1.29, 1.82) is 0 Å². The number of nitrogens with zero attached hydrogens (tertiary/aromatic N) is 1. The van der Waals surface area contributed by atoms with Gasteiger partial charge in [-0.2, -0.15) is 0 Å². The van der Waals surface area contributed by atoms with E-state index in [1.165, 1.54) is 11.9 Å². The maximum atomic E-state index is 11.5. The van der Waals surface area contributed by atoms with E-state index < -0.39 is 11.5 Å². The molecule has 1 unspecified atom stereocenters. The van der Waals surface area contributed by atoms with Crippen molar-refractivity contribution in [2.75, 3.05) is 7.05 Å². The minimum Gasteiger partial charge on any atom is -0.479 e. The van der Waals surface area contributed by atoms with E-state index in [0.29, 0.717) is 18.4 Å². The van der Waals surface area contributed by atoms with Crippen molar-refractivity contribution in [2.24, 2.45) is 0 Å². The molecule has 0 bridgehead atoms. The molecular weight excluding hydrogens is 206 g/mol. The molecule has 1 aromatic rings. The van der Waals surface area contributed by atoms with Crippen LogP contribution in [0.3, 0.4) is 0 Å². The summed E-state index contributed by atoms with van der Waals surface area (Å²) in [6.45, 7) is 1.75. The van der Waals surface area contributed by atoms with Gasteiger partial charge in [-0.25, -0.2) is 4.79 Å². The highest BCUT2D eigenvalue weighted by molar-refractivity contribution is 5.83. The summed E-state index contributed by atoms with van der Waals surface area (Å²) in [6, 6.07) is 8.78. The smallest absolute Gasteiger partial charge is 0.334 e. The predicted molar refractivity (Wildman–Crippen MR) is 59.9 cm³/mol. The van der Waals surface area contributed by atoms with E-state index >= 15 is 0 Å². The van der Waals surface area contributed by atoms with Crippen molar-refractivity contribution in [1.82, 2.24) is 4.90 Å². The zero-order valence-electron chi connectivity index (χ0n) is 9.38. The van der Waals surface area contributed by atoms with Crippen LogP contribution in [0.4, 0.5) is 0 Å². The van der Waals surface area contributed by atoms with Crippen molar-refractivity contribution < 1.29 is 14.7 Å². The lowest BCUT2D eigenvalue weighted by Gasteiger charge is -2.35. The van der Waals surface area contributed by atoms with Gasteiger partial charge in [-0.3, -0.25) is 4.79 Å². The van der Waals surface area contributed by atoms with Crippen LogP contribution in [0.25, 0.3) is 0 Å². The van der Waals surface area contributed by atoms with Gasteiger partial charge < -0.3 is 10.0 Å². The Bertz CT molecular complexity index is 377. The first-order valence-corrected chi connectivity index (χ1v) is 5.06. The monoisotopic (exact) mass is 221 g/mol. The molecule has 16 heavy (non-hydrogen) atoms. The number of amides is 1. The Morgan fingerprint density at radius 3 is 2.38 bits per heavy atom. The molecule has 0 aliphatic heterocycles. The maximum Gasteiger partial charge on any atom is 0.334 e. The number of aliphatic carboxylic acids is 1. The van der Waals surface area contributed by atoms with Crippen LogP contribution in [-0.4, -0.2) is 29.4 Å². The van der Waals surface area contributed by atoms with Crippen LogP contribution in [0.2, 0.25) is 0 Å². The molecule has 0 aromatic heterocycles. The second kappa shape index (κ2) is 4.79. The Hall–Kier alpha value is -1.84. The van der Waals surface area contributed by atoms with Gasteiger partial charge in [-0.15, -0.1) is 0 Å². The number of carboxylic acids is 1. The van der Waals surface area contributed by atoms with Gasteiger partial charge in [0.25, 0.3) is 0 Å². The normalized spacial score (nSPS) is 13.9. The van der Waals surface area contributed by atoms with Crippen LogP contribution in [-0.2, 0) is 15.1 Å². The maximum absolute atomic E-state index is 11.5. The van der Waals surface area contributed by atoms with E-state index in [-0.39, 0.29) is 0 Å². The zero-order valence-corrected chi connectivity index (χ0v) is 9.38. The second-order valence-electron chi connectivity index (χ2n) is 3.60. The van der Waals surface area contributed by atoms with Crippen LogP contribution in [0, 0.1) is 0 Å². The standard InChI is InChI=1S/C12H15NO3/c1-3-12(11(15)16,13(2)9-14)10-7-5-4-6-8-10/h4-9H,3H2,1-2H3,(H,15,16). The molecule has 4 nitrogen and oxygen atoms in total. The molecule has 1 N–H and O–H groups in total. The number of benzene rings is 1. The quantitative estimate of drug-likeness (QED) is 0.766. The molecule has 0 heterocycles. The average molecular weight is 221 g/mol. The first-order valence-electron chi connectivity index (χ1n) is 5.06. The van der Waals surface area contributed by atoms with E-state index in [4.69, 9.17) is 0 Å². The fourth-order valence-electron chi connectivity index (χ4n) is 1.89. The van der Waals surface area contributed by atoms with E-state index in [1.807, 2.05) is 6.07 Å². The molecule has 0 fully saturated rings. The number of likely N-dealkylation sites (N-methyl/N-ethyl adjacent to an activating group) is 1. The van der Waals surface area contributed by atoms with Gasteiger partial charge in [-0.1, -0.05) is 37.3 Å². The fraction of sp³-hybridized carbons (Fsp3) is 0.333. The van der Waals surface area contributed by atoms with Crippen LogP contribution in [0.1, 0.15) is 18.9 Å². The third kappa shape index (κ3) is 1.78. The number of carboxylic acid groups (broad SMARTS) is 1. The Kier molecular flexibility index (Phi) is 3.66. The van der Waals surface area contributed by atoms with Gasteiger partial charge in [0, 0.05) is 7.05 Å². The summed E-state index contributed by atoms with van der Waals surface area (Å²) in [7, 11) is 1.48. The molecule has 0 aliphatic rings. The number of hydrogen-bond donors (Lipinski definition) is 1. The van der Waals surface area contributed by atoms with Gasteiger partial charge in [0.15, 0.2) is 5.54 Å². The van der Waals surface area contributed by atoms with E-state index in [0.717, 1.165) is 0 Å². The van der Waals surface area contributed by atoms with Crippen molar-refractivity contribution in [3.63, 3.8) is 0 Å². The molecule has 0 saturated heterocycles. The SMILES string of the molecule is CCC(C(=O)O)(c1ccccc1)N(C)C=O. The van der Waals surface area contributed by atoms with Crippen molar-refractivity contribution in [2.45, 2.75) is 18.9 Å². The first kappa shape index (κ1) is 12.2. The Morgan fingerprint density at radius 2 is 2.00 bits per heavy atom. The molecule has 0 radical (unpaired) electrons. The summed E-state index contributed by atoms with van der Waals surface area (Å²) in [5.74, 6) is -1.02. The lowest BCUT2D eigenvalue weighted by Crippen LogP contribution is -2.49. The summed E-state index contributed by atoms with van der Waals surface area (Å²) in [5.41, 5.74) is -0.664. The van der Waals surface area contributed by atoms with E-state index in [2.05, 4.69) is 0 Å². The average Bonchev–Trinajstić information content (AvgIpc) is 2.31. The van der Waals surface area contributed by atoms with Crippen LogP contribution >= 0.6 is 0 Å². The Morgan fingerprint density at radius 1 is 1.44 bits per heavy atom. The molecule has 0 spiro atoms. The number of carbonyl (C=O) groups excluding carboxylic acids is 1. The molecule has 1 atom stereocenters. The molecule has 0 aliphatic carbocycles. The number of rotatable bonds is 5. The lowest BCUT2D eigenvalue weighted by molar-refractivity contribution is -0.155. The van der Waals surface area contributed by atoms with Crippen molar-refractivity contribution >= 4 is 12.4 Å². The van der Waals surface area contributed by atoms with Gasteiger partial charge in [0.05, 0.1) is 0 Å². The largest absolute Gasteiger partial charge is 0.479 e. The van der Waals surface area contributed by atoms with Crippen molar-refractivity contribution in [3.05, 3.63) is 35.9 Å². The summed E-state index contributed by atoms with van der Waals surface area (Å²) in [5, 5.41) is 9.38. The molecule has 0 saturated carbocycles. The number of hydrogen-bond acceptors (Lipinski definition) is 2. The van der Waals surface area contributed by atoms with E-state index in [1.54, 1.807) is 31.2 Å². The lowest BCUT2D eigenvalue weighted by atomic mass is 9.86. The summed E-state index contributed by atoms with van der Waals surface area (Å²) in [6.07, 6.45) is 0.867. The highest BCUT2D eigenvalue weighted by Gasteiger charge is 2.42. The Labute approximate surface area is 94.5 Å². The summed E-state index contributed by atoms with van der Waals surface area (Å²) in [4.78, 5) is 23.5. The molecular formula is C12H15NO3. The van der Waals surface area contributed by atoms with Gasteiger partial charge in [-0.05, 0) is 12.0 Å². The fourth-order valence-corrected chi connectivity index (χ4v) is 1.89. The highest BCUT2D eigenvalue weighted by atomic mass is 16.4. The minimum atomic E-state index is -1.27. The zero-order chi connectivity index (χ0) is 12.2. The van der Waals surface area contributed by atoms with Gasteiger partial charge >= 0.3 is 5.97 Å². The third-order valence-electron chi connectivity index (χ3n) is 2.88. The van der Waals surface area contributed by atoms with Crippen molar-refractivity contribution in [3.8, 4) is 0 Å². The summed E-state index contributed by atoms with van der Waals surface area (Å²) < 4.78 is 0. The number of carbonyl (C=O) groups is 2. The Balaban J connectivity index is 3.34. The molecule has 1 aromatic carbocycles. The topological polar surface area (TPSA) is 57.6 Å².